The summed E-state index contributed by atoms with van der Waals surface area (Å²) in [5.74, 6) is 0.264. The van der Waals surface area contributed by atoms with Crippen molar-refractivity contribution in [2.45, 2.75) is 31.6 Å². The monoisotopic (exact) mass is 231 g/mol. The van der Waals surface area contributed by atoms with Crippen LogP contribution in [-0.4, -0.2) is 11.0 Å². The Labute approximate surface area is 90.9 Å². The predicted octanol–water partition coefficient (Wildman–Crippen LogP) is 2.13. The van der Waals surface area contributed by atoms with E-state index in [-0.39, 0.29) is 18.4 Å². The first-order valence-electron chi connectivity index (χ1n) is 5.04. The highest BCUT2D eigenvalue weighted by Gasteiger charge is 2.33. The Morgan fingerprint density at radius 3 is 2.56 bits per heavy atom. The summed E-state index contributed by atoms with van der Waals surface area (Å²) in [6.07, 6.45) is -2.46. The average Bonchev–Trinajstić information content (AvgIpc) is 3.00. The molecule has 1 aliphatic carbocycles. The quantitative estimate of drug-likeness (QED) is 0.837. The molecule has 0 atom stereocenters. The third kappa shape index (κ3) is 2.44. The maximum atomic E-state index is 12.4. The second-order valence-corrected chi connectivity index (χ2v) is 3.82. The topological polar surface area (TPSA) is 50.9 Å². The second kappa shape index (κ2) is 3.93. The first kappa shape index (κ1) is 11.2. The minimum Gasteiger partial charge on any atom is -0.367 e. The zero-order chi connectivity index (χ0) is 11.8. The zero-order valence-electron chi connectivity index (χ0n) is 8.51. The third-order valence-electron chi connectivity index (χ3n) is 2.41. The highest BCUT2D eigenvalue weighted by molar-refractivity contribution is 5.47. The molecule has 6 heteroatoms. The lowest BCUT2D eigenvalue weighted by molar-refractivity contribution is -0.141. The van der Waals surface area contributed by atoms with Crippen molar-refractivity contribution >= 4 is 5.82 Å². The number of rotatable bonds is 3. The largest absolute Gasteiger partial charge is 0.433 e. The van der Waals surface area contributed by atoms with Crippen LogP contribution in [0.1, 0.15) is 24.1 Å². The molecule has 1 heterocycles. The van der Waals surface area contributed by atoms with Crippen molar-refractivity contribution < 1.29 is 13.2 Å². The first-order chi connectivity index (χ1) is 7.50. The Kier molecular flexibility index (Phi) is 2.75. The van der Waals surface area contributed by atoms with Crippen molar-refractivity contribution in [1.29, 1.82) is 0 Å². The number of aromatic nitrogens is 1. The Hall–Kier alpha value is -1.30. The fourth-order valence-corrected chi connectivity index (χ4v) is 1.36. The molecule has 0 saturated heterocycles. The van der Waals surface area contributed by atoms with Crippen molar-refractivity contribution in [2.75, 3.05) is 5.32 Å². The average molecular weight is 231 g/mol. The van der Waals surface area contributed by atoms with Crippen molar-refractivity contribution in [3.8, 4) is 0 Å². The van der Waals surface area contributed by atoms with Gasteiger partial charge in [-0.15, -0.1) is 0 Å². The van der Waals surface area contributed by atoms with Crippen molar-refractivity contribution in [1.82, 2.24) is 4.98 Å². The van der Waals surface area contributed by atoms with Gasteiger partial charge in [0.25, 0.3) is 0 Å². The molecule has 1 aliphatic rings. The molecule has 0 aromatic carbocycles. The third-order valence-corrected chi connectivity index (χ3v) is 2.41. The van der Waals surface area contributed by atoms with Gasteiger partial charge in [0.2, 0.25) is 0 Å². The number of nitrogens with zero attached hydrogens (tertiary/aromatic N) is 1. The van der Waals surface area contributed by atoms with Crippen LogP contribution in [0.2, 0.25) is 0 Å². The number of nitrogens with two attached hydrogens (primary N) is 1. The van der Waals surface area contributed by atoms with Gasteiger partial charge >= 0.3 is 6.18 Å². The van der Waals surface area contributed by atoms with Gasteiger partial charge in [0.15, 0.2) is 0 Å². The highest BCUT2D eigenvalue weighted by Crippen LogP contribution is 2.31. The van der Waals surface area contributed by atoms with Crippen LogP contribution in [0.3, 0.4) is 0 Å². The van der Waals surface area contributed by atoms with Gasteiger partial charge in [-0.05, 0) is 18.9 Å². The standard InChI is InChI=1S/C10H12F3N3/c11-10(12,13)8-4-1-6(5-14)9(16-8)15-7-2-3-7/h1,4,7H,2-3,5,14H2,(H,15,16). The molecule has 3 N–H and O–H groups in total. The summed E-state index contributed by atoms with van der Waals surface area (Å²) in [4.78, 5) is 3.58. The number of alkyl halides is 3. The zero-order valence-corrected chi connectivity index (χ0v) is 8.51. The van der Waals surface area contributed by atoms with Crippen molar-refractivity contribution in [2.24, 2.45) is 5.73 Å². The molecule has 0 amide bonds. The second-order valence-electron chi connectivity index (χ2n) is 3.82. The summed E-state index contributed by atoms with van der Waals surface area (Å²) in [6, 6.07) is 2.59. The molecule has 88 valence electrons. The van der Waals surface area contributed by atoms with Crippen LogP contribution >= 0.6 is 0 Å². The minimum absolute atomic E-state index is 0.181. The Balaban J connectivity index is 2.29. The van der Waals surface area contributed by atoms with E-state index in [0.29, 0.717) is 5.56 Å². The molecule has 2 rings (SSSR count). The summed E-state index contributed by atoms with van der Waals surface area (Å²) in [5.41, 5.74) is 5.17. The summed E-state index contributed by atoms with van der Waals surface area (Å²) < 4.78 is 37.3. The normalized spacial score (nSPS) is 16.2. The molecule has 1 saturated carbocycles. The van der Waals surface area contributed by atoms with E-state index in [4.69, 9.17) is 5.73 Å². The van der Waals surface area contributed by atoms with Gasteiger partial charge in [-0.25, -0.2) is 4.98 Å². The number of hydrogen-bond acceptors (Lipinski definition) is 3. The van der Waals surface area contributed by atoms with Crippen molar-refractivity contribution in [3.63, 3.8) is 0 Å². The molecule has 0 radical (unpaired) electrons. The lowest BCUT2D eigenvalue weighted by Crippen LogP contribution is -2.14. The number of halogens is 3. The minimum atomic E-state index is -4.41. The van der Waals surface area contributed by atoms with E-state index in [9.17, 15) is 13.2 Å². The molecule has 3 nitrogen and oxygen atoms in total. The molecule has 16 heavy (non-hydrogen) atoms. The maximum Gasteiger partial charge on any atom is 0.433 e. The number of hydrogen-bond donors (Lipinski definition) is 2. The van der Waals surface area contributed by atoms with E-state index in [1.807, 2.05) is 0 Å². The van der Waals surface area contributed by atoms with Crippen LogP contribution in [0.5, 0.6) is 0 Å². The van der Waals surface area contributed by atoms with Gasteiger partial charge < -0.3 is 11.1 Å². The van der Waals surface area contributed by atoms with Crippen LogP contribution in [0.4, 0.5) is 19.0 Å². The molecule has 1 aromatic heterocycles. The van der Waals surface area contributed by atoms with E-state index >= 15 is 0 Å². The lowest BCUT2D eigenvalue weighted by Gasteiger charge is -2.12. The molecule has 0 bridgehead atoms. The van der Waals surface area contributed by atoms with Gasteiger partial charge in [-0.2, -0.15) is 13.2 Å². The molecule has 1 fully saturated rings. The number of nitrogens with one attached hydrogen (secondary N) is 1. The molecular formula is C10H12F3N3. The lowest BCUT2D eigenvalue weighted by atomic mass is 10.2. The SMILES string of the molecule is NCc1ccc(C(F)(F)F)nc1NC1CC1. The predicted molar refractivity (Wildman–Crippen MR) is 53.8 cm³/mol. The van der Waals surface area contributed by atoms with E-state index in [2.05, 4.69) is 10.3 Å². The van der Waals surface area contributed by atoms with E-state index in [1.54, 1.807) is 0 Å². The van der Waals surface area contributed by atoms with Crippen LogP contribution in [0.25, 0.3) is 0 Å². The Morgan fingerprint density at radius 1 is 1.38 bits per heavy atom. The summed E-state index contributed by atoms with van der Waals surface area (Å²) in [6.45, 7) is 0.181. The molecule has 0 spiro atoms. The number of pyridine rings is 1. The van der Waals surface area contributed by atoms with E-state index < -0.39 is 11.9 Å². The van der Waals surface area contributed by atoms with Gasteiger partial charge in [0.1, 0.15) is 11.5 Å². The van der Waals surface area contributed by atoms with E-state index in [0.717, 1.165) is 18.9 Å². The molecule has 0 aliphatic heterocycles. The summed E-state index contributed by atoms with van der Waals surface area (Å²) in [5, 5.41) is 2.96. The number of anilines is 1. The van der Waals surface area contributed by atoms with E-state index in [1.165, 1.54) is 6.07 Å². The summed E-state index contributed by atoms with van der Waals surface area (Å²) in [7, 11) is 0. The smallest absolute Gasteiger partial charge is 0.367 e. The molecular weight excluding hydrogens is 219 g/mol. The maximum absolute atomic E-state index is 12.4. The first-order valence-corrected chi connectivity index (χ1v) is 5.04. The van der Waals surface area contributed by atoms with Crippen LogP contribution in [-0.2, 0) is 12.7 Å². The van der Waals surface area contributed by atoms with Crippen LogP contribution in [0.15, 0.2) is 12.1 Å². The fraction of sp³-hybridized carbons (Fsp3) is 0.500. The molecule has 1 aromatic rings. The Morgan fingerprint density at radius 2 is 2.06 bits per heavy atom. The summed E-state index contributed by atoms with van der Waals surface area (Å²) >= 11 is 0. The van der Waals surface area contributed by atoms with Crippen LogP contribution < -0.4 is 11.1 Å². The van der Waals surface area contributed by atoms with Crippen molar-refractivity contribution in [3.05, 3.63) is 23.4 Å². The van der Waals surface area contributed by atoms with Crippen LogP contribution in [0, 0.1) is 0 Å². The molecule has 0 unspecified atom stereocenters. The van der Waals surface area contributed by atoms with Gasteiger partial charge in [-0.1, -0.05) is 6.07 Å². The fourth-order valence-electron chi connectivity index (χ4n) is 1.36. The highest BCUT2D eigenvalue weighted by atomic mass is 19.4. The van der Waals surface area contributed by atoms with Gasteiger partial charge in [-0.3, -0.25) is 0 Å². The Bertz CT molecular complexity index is 385. The van der Waals surface area contributed by atoms with Gasteiger partial charge in [0, 0.05) is 18.2 Å². The van der Waals surface area contributed by atoms with Gasteiger partial charge in [0.05, 0.1) is 0 Å².